The lowest BCUT2D eigenvalue weighted by Gasteiger charge is -2.21. The van der Waals surface area contributed by atoms with E-state index in [9.17, 15) is 43.2 Å². The molecule has 5 atom stereocenters. The highest BCUT2D eigenvalue weighted by Gasteiger charge is 2.30. The fourth-order valence-corrected chi connectivity index (χ4v) is 12.3. The maximum absolute atomic E-state index is 13.0. The number of phosphoric ester groups is 2. The van der Waals surface area contributed by atoms with Gasteiger partial charge in [0, 0.05) is 25.7 Å². The van der Waals surface area contributed by atoms with Crippen molar-refractivity contribution in [2.75, 3.05) is 39.6 Å². The first-order valence-electron chi connectivity index (χ1n) is 36.8. The van der Waals surface area contributed by atoms with Crippen LogP contribution in [0.2, 0.25) is 0 Å². The average molecular weight is 1330 g/mol. The summed E-state index contributed by atoms with van der Waals surface area (Å²) in [4.78, 5) is 72.6. The lowest BCUT2D eigenvalue weighted by atomic mass is 10.0. The molecule has 0 fully saturated rings. The fraction of sp³-hybridized carbons (Fsp3) is 0.944. The number of unbranched alkanes of at least 4 members (excludes halogenated alkanes) is 37. The first-order valence-corrected chi connectivity index (χ1v) is 39.8. The van der Waals surface area contributed by atoms with Gasteiger partial charge in [-0.2, -0.15) is 0 Å². The van der Waals surface area contributed by atoms with Gasteiger partial charge in [-0.3, -0.25) is 37.3 Å². The van der Waals surface area contributed by atoms with Crippen LogP contribution in [-0.4, -0.2) is 96.7 Å². The molecule has 0 spiro atoms. The van der Waals surface area contributed by atoms with Crippen molar-refractivity contribution < 1.29 is 80.2 Å². The van der Waals surface area contributed by atoms with E-state index in [4.69, 9.17) is 37.0 Å². The number of carbonyl (C=O) groups excluding carboxylic acids is 4. The number of aliphatic hydroxyl groups is 1. The monoisotopic (exact) mass is 1320 g/mol. The van der Waals surface area contributed by atoms with Crippen molar-refractivity contribution in [1.82, 2.24) is 0 Å². The predicted molar refractivity (Wildman–Crippen MR) is 363 cm³/mol. The van der Waals surface area contributed by atoms with E-state index in [-0.39, 0.29) is 25.7 Å². The Balaban J connectivity index is 5.25. The largest absolute Gasteiger partial charge is 0.472 e. The van der Waals surface area contributed by atoms with E-state index in [2.05, 4.69) is 48.5 Å². The van der Waals surface area contributed by atoms with Crippen molar-refractivity contribution in [2.24, 2.45) is 17.8 Å². The molecular weight excluding hydrogens is 1190 g/mol. The number of esters is 4. The third kappa shape index (κ3) is 64.8. The summed E-state index contributed by atoms with van der Waals surface area (Å²) in [6.45, 7) is 11.8. The van der Waals surface area contributed by atoms with Crippen LogP contribution in [0.15, 0.2) is 0 Å². The Labute approximate surface area is 549 Å². The van der Waals surface area contributed by atoms with Gasteiger partial charge >= 0.3 is 39.5 Å². The summed E-state index contributed by atoms with van der Waals surface area (Å²) in [6.07, 6.45) is 45.8. The molecule has 0 saturated heterocycles. The van der Waals surface area contributed by atoms with Gasteiger partial charge in [0.2, 0.25) is 0 Å². The van der Waals surface area contributed by atoms with Gasteiger partial charge in [-0.15, -0.1) is 0 Å². The molecule has 534 valence electrons. The molecule has 0 aromatic heterocycles. The second-order valence-electron chi connectivity index (χ2n) is 27.1. The third-order valence-corrected chi connectivity index (χ3v) is 18.3. The number of carbonyl (C=O) groups is 4. The molecule has 0 saturated carbocycles. The highest BCUT2D eigenvalue weighted by atomic mass is 31.2. The van der Waals surface area contributed by atoms with E-state index in [1.54, 1.807) is 0 Å². The molecular formula is C71H138O17P2. The van der Waals surface area contributed by atoms with E-state index < -0.39 is 97.5 Å². The minimum absolute atomic E-state index is 0.104. The Morgan fingerprint density at radius 1 is 0.300 bits per heavy atom. The summed E-state index contributed by atoms with van der Waals surface area (Å²) in [7, 11) is -9.90. The standard InChI is InChI=1S/C71H138O17P2/c1-8-9-10-11-12-13-23-31-38-45-52-68(73)81-59-67(88-71(76)55-48-41-34-27-26-30-37-44-51-64(6)7)61-86-90(79,80)84-57-65(72)56-83-89(77,78)85-60-66(58-82-69(74)53-46-39-32-24-20-19-22-29-36-43-50-63(4)5)87-70(75)54-47-40-33-25-18-16-14-15-17-21-28-35-42-49-62(2)3/h62-67,72H,8-61H2,1-7H3,(H,77,78)(H,79,80)/t65-,66-,67-/m1/s1. The first-order chi connectivity index (χ1) is 43.2. The van der Waals surface area contributed by atoms with Crippen LogP contribution in [0.25, 0.3) is 0 Å². The molecule has 0 aliphatic heterocycles. The van der Waals surface area contributed by atoms with Crippen LogP contribution in [0.4, 0.5) is 0 Å². The molecule has 17 nitrogen and oxygen atoms in total. The highest BCUT2D eigenvalue weighted by molar-refractivity contribution is 7.47. The maximum atomic E-state index is 13.0. The second kappa shape index (κ2) is 61.9. The Bertz CT molecular complexity index is 1770. The van der Waals surface area contributed by atoms with Crippen LogP contribution in [0, 0.1) is 17.8 Å². The predicted octanol–water partition coefficient (Wildman–Crippen LogP) is 20.2. The van der Waals surface area contributed by atoms with Gasteiger partial charge in [0.25, 0.3) is 0 Å². The molecule has 19 heteroatoms. The van der Waals surface area contributed by atoms with Crippen molar-refractivity contribution in [2.45, 2.75) is 375 Å². The average Bonchev–Trinajstić information content (AvgIpc) is 3.60. The smallest absolute Gasteiger partial charge is 0.462 e. The number of aliphatic hydroxyl groups excluding tert-OH is 1. The molecule has 0 aliphatic rings. The van der Waals surface area contributed by atoms with Crippen molar-refractivity contribution in [3.05, 3.63) is 0 Å². The van der Waals surface area contributed by atoms with Crippen LogP contribution >= 0.6 is 15.6 Å². The zero-order chi connectivity index (χ0) is 66.6. The molecule has 0 bridgehead atoms. The summed E-state index contributed by atoms with van der Waals surface area (Å²) in [6, 6.07) is 0. The summed E-state index contributed by atoms with van der Waals surface area (Å²) in [5.41, 5.74) is 0. The molecule has 90 heavy (non-hydrogen) atoms. The number of rotatable bonds is 69. The summed E-state index contributed by atoms with van der Waals surface area (Å²) < 4.78 is 68.3. The highest BCUT2D eigenvalue weighted by Crippen LogP contribution is 2.45. The van der Waals surface area contributed by atoms with Crippen molar-refractivity contribution in [1.29, 1.82) is 0 Å². The quantitative estimate of drug-likeness (QED) is 0.0222. The minimum atomic E-state index is -4.95. The Kier molecular flexibility index (Phi) is 60.6. The summed E-state index contributed by atoms with van der Waals surface area (Å²) >= 11 is 0. The lowest BCUT2D eigenvalue weighted by Crippen LogP contribution is -2.30. The Morgan fingerprint density at radius 3 is 0.756 bits per heavy atom. The number of ether oxygens (including phenoxy) is 4. The van der Waals surface area contributed by atoms with Crippen LogP contribution in [-0.2, 0) is 65.4 Å². The Morgan fingerprint density at radius 2 is 0.511 bits per heavy atom. The van der Waals surface area contributed by atoms with Gasteiger partial charge in [0.15, 0.2) is 12.2 Å². The van der Waals surface area contributed by atoms with Crippen molar-refractivity contribution in [3.8, 4) is 0 Å². The van der Waals surface area contributed by atoms with Crippen molar-refractivity contribution >= 4 is 39.5 Å². The summed E-state index contributed by atoms with van der Waals surface area (Å²) in [5.74, 6) is 0.138. The molecule has 2 unspecified atom stereocenters. The molecule has 3 N–H and O–H groups in total. The van der Waals surface area contributed by atoms with Gasteiger partial charge < -0.3 is 33.8 Å². The lowest BCUT2D eigenvalue weighted by molar-refractivity contribution is -0.161. The molecule has 0 aromatic rings. The van der Waals surface area contributed by atoms with E-state index in [1.165, 1.54) is 167 Å². The minimum Gasteiger partial charge on any atom is -0.462 e. The number of hydrogen-bond donors (Lipinski definition) is 3. The molecule has 0 aromatic carbocycles. The molecule has 0 heterocycles. The third-order valence-electron chi connectivity index (χ3n) is 16.4. The van der Waals surface area contributed by atoms with Gasteiger partial charge in [0.1, 0.15) is 19.3 Å². The van der Waals surface area contributed by atoms with Crippen molar-refractivity contribution in [3.63, 3.8) is 0 Å². The van der Waals surface area contributed by atoms with Crippen LogP contribution in [0.5, 0.6) is 0 Å². The van der Waals surface area contributed by atoms with E-state index >= 15 is 0 Å². The molecule has 0 aliphatic carbocycles. The fourth-order valence-electron chi connectivity index (χ4n) is 10.7. The topological polar surface area (TPSA) is 237 Å². The zero-order valence-corrected chi connectivity index (χ0v) is 60.4. The van der Waals surface area contributed by atoms with Gasteiger partial charge in [-0.25, -0.2) is 9.13 Å². The van der Waals surface area contributed by atoms with E-state index in [1.807, 2.05) is 0 Å². The van der Waals surface area contributed by atoms with Gasteiger partial charge in [-0.1, -0.05) is 305 Å². The second-order valence-corrected chi connectivity index (χ2v) is 30.0. The van der Waals surface area contributed by atoms with Crippen LogP contribution in [0.3, 0.4) is 0 Å². The molecule has 0 radical (unpaired) electrons. The zero-order valence-electron chi connectivity index (χ0n) is 58.6. The Hall–Kier alpha value is -1.94. The maximum Gasteiger partial charge on any atom is 0.472 e. The molecule has 0 amide bonds. The number of hydrogen-bond acceptors (Lipinski definition) is 15. The van der Waals surface area contributed by atoms with E-state index in [0.717, 1.165) is 108 Å². The normalized spacial score (nSPS) is 14.2. The number of phosphoric acid groups is 2. The summed E-state index contributed by atoms with van der Waals surface area (Å²) in [5, 5.41) is 10.6. The van der Waals surface area contributed by atoms with Gasteiger partial charge in [0.05, 0.1) is 26.4 Å². The van der Waals surface area contributed by atoms with E-state index in [0.29, 0.717) is 25.7 Å². The molecule has 0 rings (SSSR count). The van der Waals surface area contributed by atoms with Gasteiger partial charge in [-0.05, 0) is 43.4 Å². The van der Waals surface area contributed by atoms with Crippen LogP contribution in [0.1, 0.15) is 357 Å². The first kappa shape index (κ1) is 88.1. The SMILES string of the molecule is CCCCCCCCCCCCC(=O)OC[C@H](COP(=O)(O)OC[C@H](O)COP(=O)(O)OC[C@@H](COC(=O)CCCCCCCCCCCCC(C)C)OC(=O)CCCCCCCCCCCCCCCC(C)C)OC(=O)CCCCCCCCCCC(C)C. The van der Waals surface area contributed by atoms with Crippen LogP contribution < -0.4 is 0 Å².